The highest BCUT2D eigenvalue weighted by Gasteiger charge is 2.14. The summed E-state index contributed by atoms with van der Waals surface area (Å²) in [6, 6.07) is 7.25. The normalized spacial score (nSPS) is 10.8. The Morgan fingerprint density at radius 1 is 1.45 bits per heavy atom. The summed E-state index contributed by atoms with van der Waals surface area (Å²) in [6.07, 6.45) is 0. The Kier molecular flexibility index (Phi) is 4.70. The molecule has 2 aromatic rings. The molecule has 0 aliphatic rings. The highest BCUT2D eigenvalue weighted by Crippen LogP contribution is 2.24. The second kappa shape index (κ2) is 6.49. The van der Waals surface area contributed by atoms with Crippen LogP contribution >= 0.6 is 11.6 Å². The molecule has 1 heterocycles. The molecule has 0 atom stereocenters. The molecular weight excluding hydrogens is 282 g/mol. The molecule has 0 spiro atoms. The quantitative estimate of drug-likeness (QED) is 0.786. The van der Waals surface area contributed by atoms with Crippen LogP contribution in [0, 0.1) is 0 Å². The van der Waals surface area contributed by atoms with E-state index in [0.29, 0.717) is 28.8 Å². The first-order chi connectivity index (χ1) is 9.60. The van der Waals surface area contributed by atoms with Crippen molar-refractivity contribution in [2.24, 2.45) is 0 Å². The van der Waals surface area contributed by atoms with E-state index in [9.17, 15) is 4.79 Å². The molecule has 0 bridgehead atoms. The number of benzene rings is 1. The van der Waals surface area contributed by atoms with Crippen molar-refractivity contribution in [1.29, 1.82) is 0 Å². The monoisotopic (exact) mass is 295 g/mol. The molecule has 2 rings (SSSR count). The molecule has 1 aromatic heterocycles. The van der Waals surface area contributed by atoms with Crippen molar-refractivity contribution in [3.63, 3.8) is 0 Å². The second-order valence-corrected chi connectivity index (χ2v) is 4.65. The van der Waals surface area contributed by atoms with Gasteiger partial charge in [-0.15, -0.1) is 0 Å². The van der Waals surface area contributed by atoms with Crippen LogP contribution in [-0.4, -0.2) is 41.7 Å². The zero-order valence-electron chi connectivity index (χ0n) is 11.2. The predicted octanol–water partition coefficient (Wildman–Crippen LogP) is 1.99. The fraction of sp³-hybridized carbons (Fsp3) is 0.308. The van der Waals surface area contributed by atoms with Crippen LogP contribution in [0.15, 0.2) is 28.8 Å². The Morgan fingerprint density at radius 2 is 2.20 bits per heavy atom. The number of carbonyl (C=O) groups is 1. The van der Waals surface area contributed by atoms with Gasteiger partial charge in [0.2, 0.25) is 11.7 Å². The minimum atomic E-state index is -0.321. The Labute approximate surface area is 121 Å². The van der Waals surface area contributed by atoms with Crippen molar-refractivity contribution in [2.45, 2.75) is 6.54 Å². The average molecular weight is 296 g/mol. The number of ether oxygens (including phenoxy) is 1. The summed E-state index contributed by atoms with van der Waals surface area (Å²) in [5, 5.41) is 4.44. The molecule has 0 saturated carbocycles. The minimum absolute atomic E-state index is 0.153. The summed E-state index contributed by atoms with van der Waals surface area (Å²) in [4.78, 5) is 17.1. The van der Waals surface area contributed by atoms with Crippen LogP contribution in [0.1, 0.15) is 5.89 Å². The first kappa shape index (κ1) is 14.5. The van der Waals surface area contributed by atoms with Gasteiger partial charge in [-0.1, -0.05) is 28.9 Å². The lowest BCUT2D eigenvalue weighted by atomic mass is 10.2. The first-order valence-electron chi connectivity index (χ1n) is 5.93. The van der Waals surface area contributed by atoms with Crippen LogP contribution in [0.25, 0.3) is 11.4 Å². The minimum Gasteiger partial charge on any atom is -0.468 e. The van der Waals surface area contributed by atoms with Crippen LogP contribution < -0.4 is 0 Å². The lowest BCUT2D eigenvalue weighted by Gasteiger charge is -2.11. The zero-order valence-corrected chi connectivity index (χ0v) is 11.9. The van der Waals surface area contributed by atoms with Gasteiger partial charge in [-0.05, 0) is 19.2 Å². The predicted molar refractivity (Wildman–Crippen MR) is 73.1 cm³/mol. The SMILES string of the molecule is COC(=O)CN(C)Cc1nc(-c2ccccc2Cl)no1. The summed E-state index contributed by atoms with van der Waals surface area (Å²) in [6.45, 7) is 0.507. The van der Waals surface area contributed by atoms with Crippen LogP contribution in [0.3, 0.4) is 0 Å². The van der Waals surface area contributed by atoms with E-state index in [2.05, 4.69) is 14.9 Å². The highest BCUT2D eigenvalue weighted by atomic mass is 35.5. The Hall–Kier alpha value is -1.92. The van der Waals surface area contributed by atoms with Gasteiger partial charge >= 0.3 is 5.97 Å². The van der Waals surface area contributed by atoms with Crippen molar-refractivity contribution in [2.75, 3.05) is 20.7 Å². The second-order valence-electron chi connectivity index (χ2n) is 4.24. The third-order valence-corrected chi connectivity index (χ3v) is 2.94. The number of hydrogen-bond acceptors (Lipinski definition) is 6. The van der Waals surface area contributed by atoms with E-state index in [0.717, 1.165) is 0 Å². The summed E-state index contributed by atoms with van der Waals surface area (Å²) in [5.41, 5.74) is 0.708. The van der Waals surface area contributed by atoms with Gasteiger partial charge in [0.05, 0.1) is 25.2 Å². The van der Waals surface area contributed by atoms with E-state index in [1.165, 1.54) is 7.11 Å². The van der Waals surface area contributed by atoms with Crippen LogP contribution in [0.5, 0.6) is 0 Å². The summed E-state index contributed by atoms with van der Waals surface area (Å²) < 4.78 is 9.73. The van der Waals surface area contributed by atoms with Gasteiger partial charge in [-0.2, -0.15) is 4.98 Å². The van der Waals surface area contributed by atoms with Crippen LogP contribution in [0.2, 0.25) is 5.02 Å². The largest absolute Gasteiger partial charge is 0.468 e. The Balaban J connectivity index is 2.06. The maximum atomic E-state index is 11.1. The summed E-state index contributed by atoms with van der Waals surface area (Å²) in [5.74, 6) is 0.515. The summed E-state index contributed by atoms with van der Waals surface area (Å²) >= 11 is 6.07. The molecule has 1 aromatic carbocycles. The fourth-order valence-corrected chi connectivity index (χ4v) is 1.86. The number of halogens is 1. The zero-order chi connectivity index (χ0) is 14.5. The van der Waals surface area contributed by atoms with Gasteiger partial charge in [-0.3, -0.25) is 9.69 Å². The molecule has 0 N–H and O–H groups in total. The molecule has 6 nitrogen and oxygen atoms in total. The molecule has 106 valence electrons. The Bertz CT molecular complexity index is 600. The molecule has 0 aliphatic heterocycles. The maximum absolute atomic E-state index is 11.1. The number of aromatic nitrogens is 2. The summed E-state index contributed by atoms with van der Waals surface area (Å²) in [7, 11) is 3.11. The van der Waals surface area contributed by atoms with Crippen molar-refractivity contribution < 1.29 is 14.1 Å². The molecule has 7 heteroatoms. The number of likely N-dealkylation sites (N-methyl/N-ethyl adjacent to an activating group) is 1. The molecule has 0 amide bonds. The topological polar surface area (TPSA) is 68.5 Å². The standard InChI is InChI=1S/C13H14ClN3O3/c1-17(8-12(18)19-2)7-11-15-13(16-20-11)9-5-3-4-6-10(9)14/h3-6H,7-8H2,1-2H3. The molecule has 20 heavy (non-hydrogen) atoms. The van der Waals surface area contributed by atoms with Crippen molar-refractivity contribution in [1.82, 2.24) is 15.0 Å². The van der Waals surface area contributed by atoms with Crippen LogP contribution in [-0.2, 0) is 16.1 Å². The molecule has 0 radical (unpaired) electrons. The fourth-order valence-electron chi connectivity index (χ4n) is 1.64. The lowest BCUT2D eigenvalue weighted by Crippen LogP contribution is -2.26. The third kappa shape index (κ3) is 3.55. The maximum Gasteiger partial charge on any atom is 0.319 e. The smallest absolute Gasteiger partial charge is 0.319 e. The number of esters is 1. The molecular formula is C13H14ClN3O3. The number of methoxy groups -OCH3 is 1. The van der Waals surface area contributed by atoms with Crippen molar-refractivity contribution in [3.8, 4) is 11.4 Å². The van der Waals surface area contributed by atoms with Crippen LogP contribution in [0.4, 0.5) is 0 Å². The molecule has 0 aliphatic carbocycles. The van der Waals surface area contributed by atoms with Gasteiger partial charge in [0.25, 0.3) is 0 Å². The van der Waals surface area contributed by atoms with E-state index in [4.69, 9.17) is 16.1 Å². The van der Waals surface area contributed by atoms with E-state index in [1.807, 2.05) is 18.2 Å². The van der Waals surface area contributed by atoms with Crippen molar-refractivity contribution >= 4 is 17.6 Å². The van der Waals surface area contributed by atoms with Gasteiger partial charge in [0, 0.05) is 5.56 Å². The number of rotatable bonds is 5. The lowest BCUT2D eigenvalue weighted by molar-refractivity contribution is -0.141. The number of hydrogen-bond donors (Lipinski definition) is 0. The van der Waals surface area contributed by atoms with Gasteiger partial charge in [-0.25, -0.2) is 0 Å². The Morgan fingerprint density at radius 3 is 2.90 bits per heavy atom. The van der Waals surface area contributed by atoms with E-state index in [1.54, 1.807) is 18.0 Å². The van der Waals surface area contributed by atoms with Gasteiger partial charge in [0.15, 0.2) is 0 Å². The molecule has 0 fully saturated rings. The van der Waals surface area contributed by atoms with Gasteiger partial charge in [0.1, 0.15) is 0 Å². The van der Waals surface area contributed by atoms with E-state index in [-0.39, 0.29) is 12.5 Å². The number of nitrogens with zero attached hydrogens (tertiary/aromatic N) is 3. The van der Waals surface area contributed by atoms with E-state index >= 15 is 0 Å². The van der Waals surface area contributed by atoms with Crippen molar-refractivity contribution in [3.05, 3.63) is 35.2 Å². The molecule has 0 unspecified atom stereocenters. The van der Waals surface area contributed by atoms with E-state index < -0.39 is 0 Å². The average Bonchev–Trinajstić information content (AvgIpc) is 2.87. The third-order valence-electron chi connectivity index (χ3n) is 2.61. The first-order valence-corrected chi connectivity index (χ1v) is 6.31. The molecule has 0 saturated heterocycles. The highest BCUT2D eigenvalue weighted by molar-refractivity contribution is 6.33. The van der Waals surface area contributed by atoms with Gasteiger partial charge < -0.3 is 9.26 Å². The number of carbonyl (C=O) groups excluding carboxylic acids is 1.